The van der Waals surface area contributed by atoms with Crippen molar-refractivity contribution in [2.24, 2.45) is 0 Å². The number of aromatic nitrogens is 2. The Hall–Kier alpha value is -2.61. The third-order valence-corrected chi connectivity index (χ3v) is 4.90. The van der Waals surface area contributed by atoms with Crippen LogP contribution in [0, 0.1) is 0 Å². The monoisotopic (exact) mass is 374 g/mol. The number of rotatable bonds is 6. The van der Waals surface area contributed by atoms with Gasteiger partial charge in [-0.15, -0.1) is 0 Å². The van der Waals surface area contributed by atoms with Gasteiger partial charge in [-0.1, -0.05) is 6.42 Å². The van der Waals surface area contributed by atoms with Gasteiger partial charge in [0.2, 0.25) is 5.91 Å². The van der Waals surface area contributed by atoms with Crippen LogP contribution >= 0.6 is 0 Å². The van der Waals surface area contributed by atoms with Gasteiger partial charge in [-0.25, -0.2) is 4.98 Å². The maximum Gasteiger partial charge on any atom is 0.258 e. The number of ether oxygens (including phenoxy) is 2. The Morgan fingerprint density at radius 2 is 2.00 bits per heavy atom. The smallest absolute Gasteiger partial charge is 0.258 e. The molecular weight excluding hydrogens is 348 g/mol. The zero-order valence-electron chi connectivity index (χ0n) is 16.0. The molecule has 0 bridgehead atoms. The highest BCUT2D eigenvalue weighted by Crippen LogP contribution is 2.30. The molecule has 27 heavy (non-hydrogen) atoms. The zero-order valence-corrected chi connectivity index (χ0v) is 16.0. The molecule has 0 saturated carbocycles. The van der Waals surface area contributed by atoms with E-state index in [1.165, 1.54) is 14.2 Å². The summed E-state index contributed by atoms with van der Waals surface area (Å²) in [7, 11) is 3.05. The lowest BCUT2D eigenvalue weighted by atomic mass is 10.0. The largest absolute Gasteiger partial charge is 0.493 e. The van der Waals surface area contributed by atoms with Gasteiger partial charge in [0, 0.05) is 12.6 Å². The number of aromatic amines is 1. The Bertz CT molecular complexity index is 874. The molecule has 8 heteroatoms. The van der Waals surface area contributed by atoms with Crippen molar-refractivity contribution in [3.8, 4) is 11.5 Å². The number of carbonyl (C=O) groups is 1. The van der Waals surface area contributed by atoms with E-state index in [9.17, 15) is 9.59 Å². The van der Waals surface area contributed by atoms with E-state index in [0.29, 0.717) is 34.8 Å². The molecule has 1 aromatic carbocycles. The van der Waals surface area contributed by atoms with E-state index in [0.717, 1.165) is 25.8 Å². The fourth-order valence-electron chi connectivity index (χ4n) is 3.40. The second-order valence-corrected chi connectivity index (χ2v) is 6.59. The molecule has 1 unspecified atom stereocenters. The second-order valence-electron chi connectivity index (χ2n) is 6.59. The van der Waals surface area contributed by atoms with Crippen molar-refractivity contribution >= 4 is 16.8 Å². The third-order valence-electron chi connectivity index (χ3n) is 4.90. The van der Waals surface area contributed by atoms with Gasteiger partial charge in [-0.3, -0.25) is 9.59 Å². The molecule has 2 aromatic rings. The average molecular weight is 374 g/mol. The Labute approximate surface area is 157 Å². The molecule has 0 aliphatic carbocycles. The minimum absolute atomic E-state index is 0.0484. The van der Waals surface area contributed by atoms with Crippen LogP contribution in [0.25, 0.3) is 10.9 Å². The number of amides is 1. The number of piperidine rings is 1. The maximum atomic E-state index is 12.8. The Kier molecular flexibility index (Phi) is 5.95. The molecule has 2 N–H and O–H groups in total. The van der Waals surface area contributed by atoms with Gasteiger partial charge >= 0.3 is 0 Å². The van der Waals surface area contributed by atoms with Crippen molar-refractivity contribution in [2.45, 2.75) is 38.8 Å². The van der Waals surface area contributed by atoms with Crippen LogP contribution in [0.15, 0.2) is 16.9 Å². The highest BCUT2D eigenvalue weighted by Gasteiger charge is 2.25. The van der Waals surface area contributed by atoms with Gasteiger partial charge in [-0.05, 0) is 32.4 Å². The minimum atomic E-state index is -0.268. The van der Waals surface area contributed by atoms with Gasteiger partial charge in [-0.2, -0.15) is 0 Å². The fraction of sp³-hybridized carbons (Fsp3) is 0.526. The lowest BCUT2D eigenvalue weighted by Crippen LogP contribution is -2.48. The molecule has 8 nitrogen and oxygen atoms in total. The summed E-state index contributed by atoms with van der Waals surface area (Å²) in [5.74, 6) is 1.47. The average Bonchev–Trinajstić information content (AvgIpc) is 2.71. The summed E-state index contributed by atoms with van der Waals surface area (Å²) in [6.07, 6.45) is 2.99. The summed E-state index contributed by atoms with van der Waals surface area (Å²) in [6.45, 7) is 3.59. The molecule has 1 amide bonds. The highest BCUT2D eigenvalue weighted by molar-refractivity contribution is 5.83. The number of H-pyrrole nitrogens is 1. The van der Waals surface area contributed by atoms with Crippen molar-refractivity contribution in [1.82, 2.24) is 20.2 Å². The lowest BCUT2D eigenvalue weighted by Gasteiger charge is -2.29. The first-order valence-electron chi connectivity index (χ1n) is 9.24. The van der Waals surface area contributed by atoms with E-state index < -0.39 is 0 Å². The summed E-state index contributed by atoms with van der Waals surface area (Å²) in [5.41, 5.74) is 0.237. The SMILES string of the molecule is CCN(Cc1nc2cc(OC)c(OC)cc2c(=O)[nH]1)C(=O)C1CCCCN1. The number of hydrogen-bond acceptors (Lipinski definition) is 6. The van der Waals surface area contributed by atoms with Gasteiger partial charge in [0.15, 0.2) is 11.5 Å². The predicted octanol–water partition coefficient (Wildman–Crippen LogP) is 1.43. The number of nitrogens with zero attached hydrogens (tertiary/aromatic N) is 2. The van der Waals surface area contributed by atoms with Crippen LogP contribution in [0.5, 0.6) is 11.5 Å². The number of hydrogen-bond donors (Lipinski definition) is 2. The molecular formula is C19H26N4O4. The first-order valence-corrected chi connectivity index (χ1v) is 9.24. The van der Waals surface area contributed by atoms with Crippen molar-refractivity contribution < 1.29 is 14.3 Å². The molecule has 0 radical (unpaired) electrons. The predicted molar refractivity (Wildman–Crippen MR) is 102 cm³/mol. The van der Waals surface area contributed by atoms with Crippen molar-refractivity contribution in [3.63, 3.8) is 0 Å². The van der Waals surface area contributed by atoms with Crippen molar-refractivity contribution in [2.75, 3.05) is 27.3 Å². The molecule has 3 rings (SSSR count). The van der Waals surface area contributed by atoms with Crippen LogP contribution in [-0.2, 0) is 11.3 Å². The summed E-state index contributed by atoms with van der Waals surface area (Å²) < 4.78 is 10.5. The van der Waals surface area contributed by atoms with Crippen LogP contribution in [0.4, 0.5) is 0 Å². The van der Waals surface area contributed by atoms with E-state index in [-0.39, 0.29) is 24.1 Å². The number of nitrogens with one attached hydrogen (secondary N) is 2. The molecule has 1 aliphatic rings. The van der Waals surface area contributed by atoms with Crippen LogP contribution < -0.4 is 20.3 Å². The first kappa shape index (κ1) is 19.2. The zero-order chi connectivity index (χ0) is 19.4. The number of carbonyl (C=O) groups excluding carboxylic acids is 1. The summed E-state index contributed by atoms with van der Waals surface area (Å²) in [5, 5.41) is 3.69. The topological polar surface area (TPSA) is 96.6 Å². The molecule has 1 saturated heterocycles. The van der Waals surface area contributed by atoms with E-state index in [2.05, 4.69) is 15.3 Å². The highest BCUT2D eigenvalue weighted by atomic mass is 16.5. The molecule has 1 atom stereocenters. The summed E-state index contributed by atoms with van der Waals surface area (Å²) in [6, 6.07) is 3.13. The molecule has 2 heterocycles. The van der Waals surface area contributed by atoms with Crippen LogP contribution in [0.3, 0.4) is 0 Å². The normalized spacial score (nSPS) is 16.9. The third kappa shape index (κ3) is 4.05. The number of methoxy groups -OCH3 is 2. The second kappa shape index (κ2) is 8.39. The van der Waals surface area contributed by atoms with E-state index in [4.69, 9.17) is 9.47 Å². The minimum Gasteiger partial charge on any atom is -0.493 e. The van der Waals surface area contributed by atoms with Gasteiger partial charge in [0.05, 0.1) is 37.7 Å². The lowest BCUT2D eigenvalue weighted by molar-refractivity contribution is -0.134. The molecule has 146 valence electrons. The standard InChI is InChI=1S/C19H26N4O4/c1-4-23(19(25)13-7-5-6-8-20-13)11-17-21-14-10-16(27-3)15(26-2)9-12(14)18(24)22-17/h9-10,13,20H,4-8,11H2,1-3H3,(H,21,22,24). The van der Waals surface area contributed by atoms with Crippen LogP contribution in [0.2, 0.25) is 0 Å². The Morgan fingerprint density at radius 3 is 2.63 bits per heavy atom. The molecule has 1 fully saturated rings. The van der Waals surface area contributed by atoms with E-state index in [1.807, 2.05) is 6.92 Å². The first-order chi connectivity index (χ1) is 13.1. The van der Waals surface area contributed by atoms with Crippen molar-refractivity contribution in [1.29, 1.82) is 0 Å². The number of fused-ring (bicyclic) bond motifs is 1. The molecule has 0 spiro atoms. The fourth-order valence-corrected chi connectivity index (χ4v) is 3.40. The Balaban J connectivity index is 1.89. The van der Waals surface area contributed by atoms with E-state index >= 15 is 0 Å². The molecule has 1 aliphatic heterocycles. The van der Waals surface area contributed by atoms with Gasteiger partial charge < -0.3 is 24.7 Å². The van der Waals surface area contributed by atoms with E-state index in [1.54, 1.807) is 17.0 Å². The van der Waals surface area contributed by atoms with Gasteiger partial charge in [0.25, 0.3) is 5.56 Å². The van der Waals surface area contributed by atoms with Crippen LogP contribution in [-0.4, -0.2) is 54.1 Å². The number of benzene rings is 1. The summed E-state index contributed by atoms with van der Waals surface area (Å²) >= 11 is 0. The number of likely N-dealkylation sites (N-methyl/N-ethyl adjacent to an activating group) is 1. The quantitative estimate of drug-likeness (QED) is 0.794. The van der Waals surface area contributed by atoms with Crippen molar-refractivity contribution in [3.05, 3.63) is 28.3 Å². The summed E-state index contributed by atoms with van der Waals surface area (Å²) in [4.78, 5) is 34.3. The van der Waals surface area contributed by atoms with Gasteiger partial charge in [0.1, 0.15) is 5.82 Å². The molecule has 1 aromatic heterocycles. The Morgan fingerprint density at radius 1 is 1.26 bits per heavy atom. The van der Waals surface area contributed by atoms with Crippen LogP contribution in [0.1, 0.15) is 32.0 Å². The maximum absolute atomic E-state index is 12.8.